The maximum atomic E-state index is 12.6. The lowest BCUT2D eigenvalue weighted by atomic mass is 10.2. The smallest absolute Gasteiger partial charge is 0.280 e. The lowest BCUT2D eigenvalue weighted by molar-refractivity contribution is 0.310. The Morgan fingerprint density at radius 2 is 1.81 bits per heavy atom. The molecule has 2 rings (SSSR count). The average Bonchev–Trinajstić information content (AvgIpc) is 2.67. The first-order valence-corrected chi connectivity index (χ1v) is 9.51. The monoisotopic (exact) mass is 394 g/mol. The van der Waals surface area contributed by atoms with Crippen LogP contribution in [0.4, 0.5) is 0 Å². The zero-order valence-corrected chi connectivity index (χ0v) is 16.4. The molecule has 8 nitrogen and oxygen atoms in total. The highest BCUT2D eigenvalue weighted by Crippen LogP contribution is 2.30. The minimum atomic E-state index is -3.97. The van der Waals surface area contributed by atoms with Gasteiger partial charge in [-0.1, -0.05) is 6.07 Å². The molecule has 0 heterocycles. The minimum absolute atomic E-state index is 0.0865. The Balaban J connectivity index is 2.29. The number of benzene rings is 2. The topological polar surface area (TPSA) is 95.5 Å². The van der Waals surface area contributed by atoms with Crippen LogP contribution in [0, 0.1) is 0 Å². The van der Waals surface area contributed by atoms with Gasteiger partial charge >= 0.3 is 0 Å². The number of hydrazone groups is 1. The van der Waals surface area contributed by atoms with Crippen molar-refractivity contribution in [1.82, 2.24) is 4.83 Å². The summed E-state index contributed by atoms with van der Waals surface area (Å²) in [7, 11) is 0.359. The second kappa shape index (κ2) is 9.13. The van der Waals surface area contributed by atoms with E-state index < -0.39 is 10.0 Å². The highest BCUT2D eigenvalue weighted by Gasteiger charge is 2.20. The quantitative estimate of drug-likeness (QED) is 0.518. The summed E-state index contributed by atoms with van der Waals surface area (Å²) in [4.78, 5) is 2.08. The van der Waals surface area contributed by atoms with E-state index in [1.807, 2.05) is 6.92 Å². The molecule has 0 saturated heterocycles. The van der Waals surface area contributed by atoms with Crippen LogP contribution in [0.3, 0.4) is 0 Å². The van der Waals surface area contributed by atoms with Gasteiger partial charge in [0.15, 0.2) is 11.5 Å². The van der Waals surface area contributed by atoms with Crippen molar-refractivity contribution in [2.75, 3.05) is 27.9 Å². The first-order chi connectivity index (χ1) is 13.0. The summed E-state index contributed by atoms with van der Waals surface area (Å²) in [5.41, 5.74) is 0.559. The van der Waals surface area contributed by atoms with Gasteiger partial charge in [-0.3, -0.25) is 0 Å². The Morgan fingerprint density at radius 3 is 2.44 bits per heavy atom. The van der Waals surface area contributed by atoms with E-state index in [0.717, 1.165) is 0 Å². The molecule has 0 bridgehead atoms. The van der Waals surface area contributed by atoms with Gasteiger partial charge in [-0.25, -0.2) is 0 Å². The molecule has 27 heavy (non-hydrogen) atoms. The SMILES string of the molecule is CCOc1cccc(/C=N/NS(=O)(=O)c2cc(OC)ccc2OC)c1OC. The van der Waals surface area contributed by atoms with Gasteiger partial charge in [0, 0.05) is 11.6 Å². The van der Waals surface area contributed by atoms with Crippen LogP contribution in [-0.4, -0.2) is 42.6 Å². The first kappa shape index (κ1) is 20.4. The van der Waals surface area contributed by atoms with Gasteiger partial charge in [-0.2, -0.15) is 18.4 Å². The zero-order valence-electron chi connectivity index (χ0n) is 15.6. The molecular weight excluding hydrogens is 372 g/mol. The Labute approximate surface area is 158 Å². The van der Waals surface area contributed by atoms with Gasteiger partial charge < -0.3 is 18.9 Å². The normalized spacial score (nSPS) is 11.3. The molecule has 0 aliphatic heterocycles. The van der Waals surface area contributed by atoms with Crippen molar-refractivity contribution >= 4 is 16.2 Å². The number of ether oxygens (including phenoxy) is 4. The first-order valence-electron chi connectivity index (χ1n) is 8.03. The number of nitrogens with one attached hydrogen (secondary N) is 1. The van der Waals surface area contributed by atoms with Crippen molar-refractivity contribution in [3.05, 3.63) is 42.0 Å². The Hall–Kier alpha value is -2.94. The highest BCUT2D eigenvalue weighted by atomic mass is 32.2. The van der Waals surface area contributed by atoms with Crippen molar-refractivity contribution in [3.8, 4) is 23.0 Å². The third-order valence-corrected chi connectivity index (χ3v) is 4.79. The van der Waals surface area contributed by atoms with Gasteiger partial charge in [-0.05, 0) is 31.2 Å². The van der Waals surface area contributed by atoms with Crippen LogP contribution in [0.25, 0.3) is 0 Å². The Kier molecular flexibility index (Phi) is 6.89. The molecule has 0 amide bonds. The lowest BCUT2D eigenvalue weighted by Gasteiger charge is -2.12. The molecule has 0 aliphatic carbocycles. The van der Waals surface area contributed by atoms with E-state index >= 15 is 0 Å². The lowest BCUT2D eigenvalue weighted by Crippen LogP contribution is -2.19. The third kappa shape index (κ3) is 4.82. The van der Waals surface area contributed by atoms with Crippen molar-refractivity contribution < 1.29 is 27.4 Å². The summed E-state index contributed by atoms with van der Waals surface area (Å²) in [5.74, 6) is 1.56. The van der Waals surface area contributed by atoms with E-state index in [-0.39, 0.29) is 10.6 Å². The van der Waals surface area contributed by atoms with Crippen molar-refractivity contribution in [2.24, 2.45) is 5.10 Å². The number of sulfonamides is 1. The summed E-state index contributed by atoms with van der Waals surface area (Å²) in [5, 5.41) is 3.84. The molecular formula is C18H22N2O6S. The molecule has 0 radical (unpaired) electrons. The molecule has 0 spiro atoms. The van der Waals surface area contributed by atoms with Crippen LogP contribution in [0.1, 0.15) is 12.5 Å². The predicted molar refractivity (Wildman–Crippen MR) is 102 cm³/mol. The van der Waals surface area contributed by atoms with Gasteiger partial charge in [0.05, 0.1) is 34.2 Å². The highest BCUT2D eigenvalue weighted by molar-refractivity contribution is 7.89. The maximum Gasteiger partial charge on any atom is 0.280 e. The summed E-state index contributed by atoms with van der Waals surface area (Å²) in [6.07, 6.45) is 1.34. The summed E-state index contributed by atoms with van der Waals surface area (Å²) >= 11 is 0. The van der Waals surface area contributed by atoms with Crippen molar-refractivity contribution in [3.63, 3.8) is 0 Å². The predicted octanol–water partition coefficient (Wildman–Crippen LogP) is 2.42. The molecule has 0 fully saturated rings. The molecule has 1 N–H and O–H groups in total. The van der Waals surface area contributed by atoms with E-state index in [4.69, 9.17) is 18.9 Å². The maximum absolute atomic E-state index is 12.6. The van der Waals surface area contributed by atoms with Gasteiger partial charge in [-0.15, -0.1) is 0 Å². The number of hydrogen-bond acceptors (Lipinski definition) is 7. The van der Waals surface area contributed by atoms with Crippen LogP contribution in [0.2, 0.25) is 0 Å². The number of para-hydroxylation sites is 1. The van der Waals surface area contributed by atoms with E-state index in [9.17, 15) is 8.42 Å². The second-order valence-corrected chi connectivity index (χ2v) is 6.81. The average molecular weight is 394 g/mol. The van der Waals surface area contributed by atoms with Crippen LogP contribution < -0.4 is 23.8 Å². The molecule has 9 heteroatoms. The second-order valence-electron chi connectivity index (χ2n) is 5.18. The number of rotatable bonds is 9. The van der Waals surface area contributed by atoms with E-state index in [1.165, 1.54) is 39.7 Å². The largest absolute Gasteiger partial charge is 0.497 e. The fourth-order valence-electron chi connectivity index (χ4n) is 2.33. The van der Waals surface area contributed by atoms with Gasteiger partial charge in [0.2, 0.25) is 0 Å². The molecule has 2 aromatic rings. The summed E-state index contributed by atoms with van der Waals surface area (Å²) in [6.45, 7) is 2.33. The summed E-state index contributed by atoms with van der Waals surface area (Å²) in [6, 6.07) is 9.70. The van der Waals surface area contributed by atoms with Crippen LogP contribution in [0.5, 0.6) is 23.0 Å². The molecule has 0 atom stereocenters. The molecule has 2 aromatic carbocycles. The van der Waals surface area contributed by atoms with E-state index in [0.29, 0.717) is 29.4 Å². The number of nitrogens with zero attached hydrogens (tertiary/aromatic N) is 1. The third-order valence-electron chi connectivity index (χ3n) is 3.55. The van der Waals surface area contributed by atoms with Crippen LogP contribution in [0.15, 0.2) is 46.4 Å². The number of methoxy groups -OCH3 is 3. The molecule has 0 aliphatic rings. The molecule has 0 aromatic heterocycles. The van der Waals surface area contributed by atoms with Gasteiger partial charge in [0.1, 0.15) is 16.4 Å². The van der Waals surface area contributed by atoms with Gasteiger partial charge in [0.25, 0.3) is 10.0 Å². The fraction of sp³-hybridized carbons (Fsp3) is 0.278. The number of hydrogen-bond donors (Lipinski definition) is 1. The Morgan fingerprint density at radius 1 is 1.04 bits per heavy atom. The van der Waals surface area contributed by atoms with E-state index in [2.05, 4.69) is 9.93 Å². The molecule has 0 unspecified atom stereocenters. The standard InChI is InChI=1S/C18H22N2O6S/c1-5-26-16-8-6-7-13(18(16)25-4)12-19-20-27(21,22)17-11-14(23-2)9-10-15(17)24-3/h6-12,20H,5H2,1-4H3/b19-12+. The summed E-state index contributed by atoms with van der Waals surface area (Å²) < 4.78 is 46.2. The minimum Gasteiger partial charge on any atom is -0.497 e. The molecule has 0 saturated carbocycles. The van der Waals surface area contributed by atoms with E-state index in [1.54, 1.807) is 24.3 Å². The zero-order chi connectivity index (χ0) is 19.9. The molecule has 146 valence electrons. The van der Waals surface area contributed by atoms with Crippen LogP contribution >= 0.6 is 0 Å². The van der Waals surface area contributed by atoms with Crippen molar-refractivity contribution in [2.45, 2.75) is 11.8 Å². The Bertz CT molecular complexity index is 912. The van der Waals surface area contributed by atoms with Crippen molar-refractivity contribution in [1.29, 1.82) is 0 Å². The fourth-order valence-corrected chi connectivity index (χ4v) is 3.31. The van der Waals surface area contributed by atoms with Crippen LogP contribution in [-0.2, 0) is 10.0 Å².